The Labute approximate surface area is 163 Å². The Bertz CT molecular complexity index is 1110. The molecule has 0 atom stereocenters. The van der Waals surface area contributed by atoms with Crippen LogP contribution in [0.4, 0.5) is 21.6 Å². The van der Waals surface area contributed by atoms with Gasteiger partial charge < -0.3 is 5.32 Å². The van der Waals surface area contributed by atoms with E-state index in [0.717, 1.165) is 16.8 Å². The first-order valence-corrected chi connectivity index (χ1v) is 8.97. The monoisotopic (exact) mass is 371 g/mol. The van der Waals surface area contributed by atoms with Crippen molar-refractivity contribution < 1.29 is 9.18 Å². The predicted octanol–water partition coefficient (Wildman–Crippen LogP) is 4.54. The number of hydrogen-bond donors (Lipinski definition) is 1. The second-order valence-corrected chi connectivity index (χ2v) is 6.45. The highest BCUT2D eigenvalue weighted by Crippen LogP contribution is 2.33. The number of hydrogen-bond acceptors (Lipinski definition) is 3. The molecule has 1 amide bonds. The summed E-state index contributed by atoms with van der Waals surface area (Å²) in [5.41, 5.74) is 4.14. The van der Waals surface area contributed by atoms with E-state index in [1.165, 1.54) is 12.3 Å². The summed E-state index contributed by atoms with van der Waals surface area (Å²) >= 11 is 0. The number of fused-ring (bicyclic) bond motifs is 2. The zero-order valence-electron chi connectivity index (χ0n) is 15.4. The third-order valence-corrected chi connectivity index (χ3v) is 4.68. The van der Waals surface area contributed by atoms with Crippen LogP contribution >= 0.6 is 0 Å². The number of rotatable bonds is 3. The summed E-state index contributed by atoms with van der Waals surface area (Å²) in [6, 6.07) is 16.1. The van der Waals surface area contributed by atoms with E-state index in [1.807, 2.05) is 42.5 Å². The third-order valence-electron chi connectivity index (χ3n) is 4.68. The Hall–Kier alpha value is -3.65. The molecule has 1 aromatic heterocycles. The molecule has 5 heteroatoms. The molecule has 2 aromatic carbocycles. The van der Waals surface area contributed by atoms with E-state index < -0.39 is 5.82 Å². The first-order valence-electron chi connectivity index (χ1n) is 8.97. The second kappa shape index (κ2) is 7.53. The molecular weight excluding hydrogens is 353 g/mol. The number of anilines is 3. The van der Waals surface area contributed by atoms with Crippen molar-refractivity contribution in [2.24, 2.45) is 0 Å². The third kappa shape index (κ3) is 3.33. The molecule has 0 unspecified atom stereocenters. The molecule has 4 nitrogen and oxygen atoms in total. The van der Waals surface area contributed by atoms with E-state index >= 15 is 0 Å². The van der Waals surface area contributed by atoms with Gasteiger partial charge in [-0.1, -0.05) is 24.1 Å². The molecule has 3 aromatic rings. The van der Waals surface area contributed by atoms with Gasteiger partial charge in [0.25, 0.3) is 5.91 Å². The molecule has 1 aliphatic rings. The van der Waals surface area contributed by atoms with Gasteiger partial charge in [-0.2, -0.15) is 0 Å². The number of carbonyl (C=O) groups is 1. The lowest BCUT2D eigenvalue weighted by Crippen LogP contribution is -2.31. The number of nitrogens with one attached hydrogen (secondary N) is 1. The van der Waals surface area contributed by atoms with Crippen LogP contribution in [-0.2, 0) is 6.42 Å². The van der Waals surface area contributed by atoms with Crippen molar-refractivity contribution in [3.63, 3.8) is 0 Å². The lowest BCUT2D eigenvalue weighted by molar-refractivity contribution is 0.0990. The topological polar surface area (TPSA) is 45.2 Å². The molecular formula is C23H18FN3O. The molecule has 0 radical (unpaired) electrons. The van der Waals surface area contributed by atoms with Crippen LogP contribution in [0.25, 0.3) is 0 Å². The van der Waals surface area contributed by atoms with E-state index in [1.54, 1.807) is 17.9 Å². The number of carbonyl (C=O) groups excluding carboxylic acids is 1. The molecule has 138 valence electrons. The van der Waals surface area contributed by atoms with E-state index in [4.69, 9.17) is 0 Å². The number of pyridine rings is 1. The molecule has 0 spiro atoms. The highest BCUT2D eigenvalue weighted by Gasteiger charge is 2.26. The summed E-state index contributed by atoms with van der Waals surface area (Å²) in [5, 5.41) is 3.02. The first-order chi connectivity index (χ1) is 13.7. The normalized spacial score (nSPS) is 12.4. The fraction of sp³-hybridized carbons (Fsp3) is 0.130. The van der Waals surface area contributed by atoms with Crippen LogP contribution in [0, 0.1) is 17.7 Å². The predicted molar refractivity (Wildman–Crippen MR) is 108 cm³/mol. The minimum Gasteiger partial charge on any atom is -0.338 e. The average Bonchev–Trinajstić information content (AvgIpc) is 2.82. The van der Waals surface area contributed by atoms with Crippen LogP contribution < -0.4 is 10.2 Å². The van der Waals surface area contributed by atoms with Gasteiger partial charge in [0.15, 0.2) is 11.6 Å². The lowest BCUT2D eigenvalue weighted by atomic mass is 10.00. The number of nitrogens with zero attached hydrogens (tertiary/aromatic N) is 2. The summed E-state index contributed by atoms with van der Waals surface area (Å²) in [5.74, 6) is 5.53. The van der Waals surface area contributed by atoms with Gasteiger partial charge in [0.1, 0.15) is 0 Å². The zero-order valence-corrected chi connectivity index (χ0v) is 15.4. The average molecular weight is 371 g/mol. The van der Waals surface area contributed by atoms with E-state index in [9.17, 15) is 9.18 Å². The van der Waals surface area contributed by atoms with Crippen LogP contribution in [-0.4, -0.2) is 17.4 Å². The van der Waals surface area contributed by atoms with Crippen molar-refractivity contribution in [3.8, 4) is 11.8 Å². The van der Waals surface area contributed by atoms with Gasteiger partial charge >= 0.3 is 0 Å². The van der Waals surface area contributed by atoms with Crippen LogP contribution in [0.5, 0.6) is 0 Å². The molecule has 0 fully saturated rings. The Morgan fingerprint density at radius 2 is 2.00 bits per heavy atom. The second-order valence-electron chi connectivity index (χ2n) is 6.45. The quantitative estimate of drug-likeness (QED) is 0.688. The Morgan fingerprint density at radius 1 is 1.14 bits per heavy atom. The summed E-state index contributed by atoms with van der Waals surface area (Å²) in [4.78, 5) is 18.8. The van der Waals surface area contributed by atoms with Gasteiger partial charge in [0.2, 0.25) is 0 Å². The highest BCUT2D eigenvalue weighted by molar-refractivity contribution is 6.09. The maximum absolute atomic E-state index is 13.9. The molecule has 0 saturated heterocycles. The number of amides is 1. The summed E-state index contributed by atoms with van der Waals surface area (Å²) in [6.07, 6.45) is 2.14. The fourth-order valence-corrected chi connectivity index (χ4v) is 3.34. The van der Waals surface area contributed by atoms with Crippen molar-refractivity contribution >= 4 is 23.1 Å². The van der Waals surface area contributed by atoms with E-state index in [0.29, 0.717) is 24.2 Å². The first kappa shape index (κ1) is 17.7. The standard InChI is InChI=1S/C23H18FN3O/c1-2-3-13-27-21-11-10-18(26-22-20(24)9-6-12-25-22)15-17(21)14-16-7-4-5-8-19(16)23(27)28/h4-12,15H,13-14H2,1H3,(H,25,26). The minimum atomic E-state index is -0.419. The summed E-state index contributed by atoms with van der Waals surface area (Å²) in [6.45, 7) is 2.07. The molecule has 0 saturated carbocycles. The fourth-order valence-electron chi connectivity index (χ4n) is 3.34. The summed E-state index contributed by atoms with van der Waals surface area (Å²) in [7, 11) is 0. The molecule has 1 N–H and O–H groups in total. The number of benzene rings is 2. The highest BCUT2D eigenvalue weighted by atomic mass is 19.1. The SMILES string of the molecule is CC#CCN1C(=O)c2ccccc2Cc2cc(Nc3ncccc3F)ccc21. The van der Waals surface area contributed by atoms with Gasteiger partial charge in [-0.3, -0.25) is 9.69 Å². The van der Waals surface area contributed by atoms with E-state index in [-0.39, 0.29) is 11.7 Å². The molecule has 0 bridgehead atoms. The van der Waals surface area contributed by atoms with E-state index in [2.05, 4.69) is 22.1 Å². The Kier molecular flexibility index (Phi) is 4.77. The zero-order chi connectivity index (χ0) is 19.5. The van der Waals surface area contributed by atoms with Crippen molar-refractivity contribution in [1.29, 1.82) is 0 Å². The Balaban J connectivity index is 1.78. The molecule has 0 aliphatic carbocycles. The van der Waals surface area contributed by atoms with Crippen LogP contribution in [0.1, 0.15) is 28.4 Å². The van der Waals surface area contributed by atoms with Crippen molar-refractivity contribution in [1.82, 2.24) is 4.98 Å². The largest absolute Gasteiger partial charge is 0.338 e. The van der Waals surface area contributed by atoms with Crippen LogP contribution in [0.15, 0.2) is 60.8 Å². The van der Waals surface area contributed by atoms with Gasteiger partial charge in [0, 0.05) is 29.6 Å². The van der Waals surface area contributed by atoms with Crippen LogP contribution in [0.2, 0.25) is 0 Å². The number of aromatic nitrogens is 1. The van der Waals surface area contributed by atoms with Gasteiger partial charge in [-0.05, 0) is 54.4 Å². The van der Waals surface area contributed by atoms with Gasteiger partial charge in [-0.25, -0.2) is 9.37 Å². The molecule has 1 aliphatic heterocycles. The minimum absolute atomic E-state index is 0.0615. The summed E-state index contributed by atoms with van der Waals surface area (Å²) < 4.78 is 13.9. The van der Waals surface area contributed by atoms with Crippen molar-refractivity contribution in [2.75, 3.05) is 16.8 Å². The molecule has 4 rings (SSSR count). The van der Waals surface area contributed by atoms with Crippen LogP contribution in [0.3, 0.4) is 0 Å². The maximum atomic E-state index is 13.9. The maximum Gasteiger partial charge on any atom is 0.259 e. The van der Waals surface area contributed by atoms with Gasteiger partial charge in [0.05, 0.1) is 6.54 Å². The lowest BCUT2D eigenvalue weighted by Gasteiger charge is -2.21. The van der Waals surface area contributed by atoms with Crippen molar-refractivity contribution in [2.45, 2.75) is 13.3 Å². The van der Waals surface area contributed by atoms with Crippen molar-refractivity contribution in [3.05, 3.63) is 83.3 Å². The molecule has 28 heavy (non-hydrogen) atoms. The number of halogens is 1. The Morgan fingerprint density at radius 3 is 2.82 bits per heavy atom. The molecule has 2 heterocycles. The van der Waals surface area contributed by atoms with Gasteiger partial charge in [-0.15, -0.1) is 5.92 Å². The smallest absolute Gasteiger partial charge is 0.259 e.